The molecule has 0 nitrogen and oxygen atoms in total. The van der Waals surface area contributed by atoms with Gasteiger partial charge in [-0.15, -0.1) is 0 Å². The molecule has 0 aromatic heterocycles. The lowest BCUT2D eigenvalue weighted by atomic mass is 9.90. The minimum Gasteiger partial charge on any atom is -0.0654 e. The van der Waals surface area contributed by atoms with Crippen molar-refractivity contribution >= 4 is 10.8 Å². The summed E-state index contributed by atoms with van der Waals surface area (Å²) in [6.07, 6.45) is 14.1. The van der Waals surface area contributed by atoms with E-state index in [2.05, 4.69) is 56.3 Å². The molecule has 0 fully saturated rings. The van der Waals surface area contributed by atoms with Gasteiger partial charge in [-0.3, -0.25) is 0 Å². The van der Waals surface area contributed by atoms with Gasteiger partial charge in [-0.25, -0.2) is 0 Å². The van der Waals surface area contributed by atoms with Gasteiger partial charge < -0.3 is 0 Å². The molecule has 0 heterocycles. The van der Waals surface area contributed by atoms with Crippen LogP contribution in [0.25, 0.3) is 10.8 Å². The number of benzene rings is 2. The van der Waals surface area contributed by atoms with E-state index in [1.54, 1.807) is 0 Å². The lowest BCUT2D eigenvalue weighted by Gasteiger charge is -2.14. The first-order valence-electron chi connectivity index (χ1n) is 9.80. The Balaban J connectivity index is 1.68. The maximum absolute atomic E-state index is 2.40. The van der Waals surface area contributed by atoms with E-state index in [1.165, 1.54) is 80.5 Å². The predicted molar refractivity (Wildman–Crippen MR) is 104 cm³/mol. The largest absolute Gasteiger partial charge is 0.0654 e. The summed E-state index contributed by atoms with van der Waals surface area (Å²) in [5, 5.41) is 2.82. The molecule has 2 rings (SSSR count). The van der Waals surface area contributed by atoms with Crippen molar-refractivity contribution in [1.29, 1.82) is 0 Å². The summed E-state index contributed by atoms with van der Waals surface area (Å²) in [5.74, 6) is 0.672. The van der Waals surface area contributed by atoms with Crippen LogP contribution in [0.1, 0.15) is 89.5 Å². The molecule has 1 unspecified atom stereocenters. The van der Waals surface area contributed by atoms with Crippen LogP contribution in [0.5, 0.6) is 0 Å². The third-order valence-electron chi connectivity index (χ3n) is 5.09. The van der Waals surface area contributed by atoms with Crippen LogP contribution in [0.15, 0.2) is 42.5 Å². The van der Waals surface area contributed by atoms with Crippen LogP contribution in [0.3, 0.4) is 0 Å². The average Bonchev–Trinajstić information content (AvgIpc) is 2.59. The van der Waals surface area contributed by atoms with Crippen LogP contribution >= 0.6 is 0 Å². The molecular weight excluding hydrogens is 276 g/mol. The molecule has 126 valence electrons. The van der Waals surface area contributed by atoms with Crippen molar-refractivity contribution in [3.8, 4) is 0 Å². The fourth-order valence-electron chi connectivity index (χ4n) is 3.60. The van der Waals surface area contributed by atoms with Crippen molar-refractivity contribution in [2.24, 2.45) is 0 Å². The molecule has 0 bridgehead atoms. The van der Waals surface area contributed by atoms with Gasteiger partial charge in [-0.1, -0.05) is 114 Å². The van der Waals surface area contributed by atoms with E-state index in [4.69, 9.17) is 0 Å². The van der Waals surface area contributed by atoms with Gasteiger partial charge >= 0.3 is 0 Å². The second-order valence-corrected chi connectivity index (χ2v) is 7.09. The van der Waals surface area contributed by atoms with Gasteiger partial charge in [0.1, 0.15) is 0 Å². The fraction of sp³-hybridized carbons (Fsp3) is 0.565. The molecule has 0 saturated carbocycles. The summed E-state index contributed by atoms with van der Waals surface area (Å²) in [4.78, 5) is 0. The van der Waals surface area contributed by atoms with E-state index in [0.29, 0.717) is 5.92 Å². The highest BCUT2D eigenvalue weighted by molar-refractivity contribution is 5.86. The van der Waals surface area contributed by atoms with Crippen molar-refractivity contribution in [2.75, 3.05) is 0 Å². The third-order valence-corrected chi connectivity index (χ3v) is 5.09. The third kappa shape index (κ3) is 6.01. The Morgan fingerprint density at radius 2 is 1.30 bits per heavy atom. The first-order chi connectivity index (χ1) is 11.3. The Bertz CT molecular complexity index is 549. The van der Waals surface area contributed by atoms with Gasteiger partial charge in [0.15, 0.2) is 0 Å². The molecule has 0 N–H and O–H groups in total. The zero-order valence-electron chi connectivity index (χ0n) is 15.2. The minimum absolute atomic E-state index is 0.672. The first-order valence-corrected chi connectivity index (χ1v) is 9.80. The standard InChI is InChI=1S/C23H34/c1-3-4-5-6-7-8-9-10-11-15-20(2)22-19-14-17-21-16-12-13-18-23(21)22/h12-14,16-20H,3-11,15H2,1-2H3. The van der Waals surface area contributed by atoms with Gasteiger partial charge in [-0.2, -0.15) is 0 Å². The van der Waals surface area contributed by atoms with E-state index in [1.807, 2.05) is 0 Å². The zero-order valence-corrected chi connectivity index (χ0v) is 15.2. The Labute approximate surface area is 143 Å². The average molecular weight is 311 g/mol. The normalized spacial score (nSPS) is 12.6. The number of hydrogen-bond donors (Lipinski definition) is 0. The molecule has 0 aliphatic heterocycles. The number of fused-ring (bicyclic) bond motifs is 1. The molecule has 23 heavy (non-hydrogen) atoms. The molecule has 0 saturated heterocycles. The maximum atomic E-state index is 2.40. The van der Waals surface area contributed by atoms with Crippen molar-refractivity contribution < 1.29 is 0 Å². The van der Waals surface area contributed by atoms with Crippen molar-refractivity contribution in [3.05, 3.63) is 48.0 Å². The summed E-state index contributed by atoms with van der Waals surface area (Å²) < 4.78 is 0. The first kappa shape index (κ1) is 18.0. The SMILES string of the molecule is CCCCCCCCCCCC(C)c1cccc2ccccc12. The summed E-state index contributed by atoms with van der Waals surface area (Å²) >= 11 is 0. The molecule has 2 aromatic rings. The topological polar surface area (TPSA) is 0 Å². The monoisotopic (exact) mass is 310 g/mol. The Morgan fingerprint density at radius 3 is 2.04 bits per heavy atom. The van der Waals surface area contributed by atoms with Crippen LogP contribution in [-0.4, -0.2) is 0 Å². The van der Waals surface area contributed by atoms with Crippen LogP contribution in [0.4, 0.5) is 0 Å². The summed E-state index contributed by atoms with van der Waals surface area (Å²) in [6, 6.07) is 15.6. The number of hydrogen-bond acceptors (Lipinski definition) is 0. The molecule has 2 aromatic carbocycles. The summed E-state index contributed by atoms with van der Waals surface area (Å²) in [7, 11) is 0. The Hall–Kier alpha value is -1.30. The molecule has 0 radical (unpaired) electrons. The highest BCUT2D eigenvalue weighted by atomic mass is 14.1. The van der Waals surface area contributed by atoms with E-state index >= 15 is 0 Å². The van der Waals surface area contributed by atoms with Crippen molar-refractivity contribution in [1.82, 2.24) is 0 Å². The van der Waals surface area contributed by atoms with Crippen LogP contribution in [0, 0.1) is 0 Å². The van der Waals surface area contributed by atoms with E-state index in [0.717, 1.165) is 0 Å². The van der Waals surface area contributed by atoms with E-state index < -0.39 is 0 Å². The van der Waals surface area contributed by atoms with Gasteiger partial charge in [0, 0.05) is 0 Å². The van der Waals surface area contributed by atoms with Gasteiger partial charge in [-0.05, 0) is 28.7 Å². The molecular formula is C23H34. The quantitative estimate of drug-likeness (QED) is 0.370. The molecule has 0 aliphatic rings. The van der Waals surface area contributed by atoms with E-state index in [9.17, 15) is 0 Å². The lowest BCUT2D eigenvalue weighted by Crippen LogP contribution is -1.95. The van der Waals surface area contributed by atoms with Crippen molar-refractivity contribution in [2.45, 2.75) is 84.0 Å². The fourth-order valence-corrected chi connectivity index (χ4v) is 3.60. The van der Waals surface area contributed by atoms with Gasteiger partial charge in [0.05, 0.1) is 0 Å². The van der Waals surface area contributed by atoms with E-state index in [-0.39, 0.29) is 0 Å². The molecule has 0 heteroatoms. The summed E-state index contributed by atoms with van der Waals surface area (Å²) in [6.45, 7) is 4.68. The Morgan fingerprint density at radius 1 is 0.696 bits per heavy atom. The minimum atomic E-state index is 0.672. The maximum Gasteiger partial charge on any atom is -0.0149 e. The number of unbranched alkanes of at least 4 members (excludes halogenated alkanes) is 8. The van der Waals surface area contributed by atoms with Crippen LogP contribution in [0.2, 0.25) is 0 Å². The second-order valence-electron chi connectivity index (χ2n) is 7.09. The van der Waals surface area contributed by atoms with Gasteiger partial charge in [0.25, 0.3) is 0 Å². The highest BCUT2D eigenvalue weighted by Gasteiger charge is 2.08. The van der Waals surface area contributed by atoms with Crippen LogP contribution in [-0.2, 0) is 0 Å². The predicted octanol–water partition coefficient (Wildman–Crippen LogP) is 7.86. The van der Waals surface area contributed by atoms with Crippen LogP contribution < -0.4 is 0 Å². The Kier molecular flexibility index (Phi) is 8.21. The highest BCUT2D eigenvalue weighted by Crippen LogP contribution is 2.29. The second kappa shape index (κ2) is 10.5. The smallest absolute Gasteiger partial charge is 0.0149 e. The summed E-state index contributed by atoms with van der Waals surface area (Å²) in [5.41, 5.74) is 1.53. The van der Waals surface area contributed by atoms with Gasteiger partial charge in [0.2, 0.25) is 0 Å². The molecule has 0 spiro atoms. The zero-order chi connectivity index (χ0) is 16.3. The van der Waals surface area contributed by atoms with Crippen molar-refractivity contribution in [3.63, 3.8) is 0 Å². The lowest BCUT2D eigenvalue weighted by molar-refractivity contribution is 0.539. The molecule has 0 aliphatic carbocycles. The molecule has 1 atom stereocenters. The number of rotatable bonds is 11. The molecule has 0 amide bonds.